The maximum atomic E-state index is 12.8. The van der Waals surface area contributed by atoms with Crippen LogP contribution in [0.2, 0.25) is 10.9 Å². The van der Waals surface area contributed by atoms with E-state index in [-0.39, 0.29) is 5.78 Å². The molecule has 0 aromatic heterocycles. The Labute approximate surface area is 165 Å². The van der Waals surface area contributed by atoms with Crippen molar-refractivity contribution < 1.29 is 22.1 Å². The first-order valence-electron chi connectivity index (χ1n) is 8.62. The molecule has 0 spiro atoms. The van der Waals surface area contributed by atoms with Crippen LogP contribution in [0.1, 0.15) is 10.4 Å². The van der Waals surface area contributed by atoms with Crippen molar-refractivity contribution in [3.8, 4) is 0 Å². The summed E-state index contributed by atoms with van der Waals surface area (Å²) < 4.78 is 41.7. The Kier molecular flexibility index (Phi) is 7.64. The third-order valence-electron chi connectivity index (χ3n) is 4.21. The number of benzene rings is 3. The second-order valence-electron chi connectivity index (χ2n) is 6.30. The van der Waals surface area contributed by atoms with E-state index in [0.29, 0.717) is 5.21 Å². The van der Waals surface area contributed by atoms with Crippen molar-refractivity contribution in [2.24, 2.45) is 0 Å². The van der Waals surface area contributed by atoms with Crippen LogP contribution in [0, 0.1) is 0 Å². The smallest absolute Gasteiger partial charge is 0.418 e. The monoisotopic (exact) mass is 450 g/mol. The molecule has 3 rings (SSSR count). The van der Waals surface area contributed by atoms with Gasteiger partial charge in [0.05, 0.1) is 0 Å². The van der Waals surface area contributed by atoms with E-state index in [9.17, 15) is 22.1 Å². The number of hydrogen-bond acceptors (Lipinski definition) is 1. The van der Waals surface area contributed by atoms with Gasteiger partial charge in [-0.2, -0.15) is 0 Å². The molecule has 0 aliphatic carbocycles. The molecule has 0 heterocycles. The first-order valence-corrected chi connectivity index (χ1v) is 13.7. The van der Waals surface area contributed by atoms with Gasteiger partial charge in [0.15, 0.2) is 0 Å². The van der Waals surface area contributed by atoms with Crippen molar-refractivity contribution in [3.63, 3.8) is 0 Å². The van der Waals surface area contributed by atoms with Crippen molar-refractivity contribution in [2.75, 3.05) is 0 Å². The standard InChI is InChI=1S/C21H20AsO.BF4/c1-22(19-13-7-3-8-14-19,20-15-9-4-10-16-20)17-21(23)18-11-5-2-6-12-18;2-1(3,4)5/h2-16H,17H2,1H3;/q+1;-1. The average molecular weight is 450 g/mol. The van der Waals surface area contributed by atoms with Crippen LogP contribution in [0.15, 0.2) is 91.0 Å². The van der Waals surface area contributed by atoms with Crippen molar-refractivity contribution >= 4 is 35.3 Å². The second-order valence-corrected chi connectivity index (χ2v) is 14.1. The minimum absolute atomic E-state index is 0.244. The minimum atomic E-state index is -6.00. The van der Waals surface area contributed by atoms with E-state index in [1.807, 2.05) is 42.5 Å². The van der Waals surface area contributed by atoms with E-state index < -0.39 is 20.8 Å². The van der Waals surface area contributed by atoms with Crippen molar-refractivity contribution in [1.82, 2.24) is 0 Å². The Morgan fingerprint density at radius 1 is 0.714 bits per heavy atom. The first kappa shape index (κ1) is 22.0. The van der Waals surface area contributed by atoms with Crippen LogP contribution in [0.3, 0.4) is 0 Å². The maximum absolute atomic E-state index is 12.8. The van der Waals surface area contributed by atoms with Gasteiger partial charge in [0.2, 0.25) is 0 Å². The number of ketones is 1. The van der Waals surface area contributed by atoms with Gasteiger partial charge in [-0.05, 0) is 0 Å². The van der Waals surface area contributed by atoms with E-state index in [1.165, 1.54) is 8.70 Å². The summed E-state index contributed by atoms with van der Waals surface area (Å²) in [5, 5.41) is 0.621. The number of halogens is 4. The molecule has 0 bridgehead atoms. The first-order chi connectivity index (χ1) is 13.2. The van der Waals surface area contributed by atoms with Gasteiger partial charge in [0, 0.05) is 0 Å². The number of Topliss-reactive ketones (excluding diaryl/α,β-unsaturated/α-hetero) is 1. The van der Waals surface area contributed by atoms with Gasteiger partial charge in [-0.3, -0.25) is 0 Å². The van der Waals surface area contributed by atoms with Crippen LogP contribution in [-0.2, 0) is 0 Å². The summed E-state index contributed by atoms with van der Waals surface area (Å²) in [6, 6.07) is 30.7. The normalized spacial score (nSPS) is 11.3. The molecule has 146 valence electrons. The summed E-state index contributed by atoms with van der Waals surface area (Å²) in [6.45, 7) is 0. The van der Waals surface area contributed by atoms with Crippen molar-refractivity contribution in [2.45, 2.75) is 10.9 Å². The van der Waals surface area contributed by atoms with Gasteiger partial charge >= 0.3 is 148 Å². The Balaban J connectivity index is 0.000000500. The average Bonchev–Trinajstić information content (AvgIpc) is 2.68. The zero-order valence-corrected chi connectivity index (χ0v) is 17.2. The van der Waals surface area contributed by atoms with Gasteiger partial charge in [-0.25, -0.2) is 0 Å². The van der Waals surface area contributed by atoms with E-state index >= 15 is 0 Å². The fourth-order valence-electron chi connectivity index (χ4n) is 2.85. The van der Waals surface area contributed by atoms with Gasteiger partial charge in [0.25, 0.3) is 0 Å². The predicted octanol–water partition coefficient (Wildman–Crippen LogP) is 5.06. The zero-order chi connectivity index (χ0) is 20.6. The Bertz CT molecular complexity index is 826. The molecule has 1 nitrogen and oxygen atoms in total. The Hall–Kier alpha value is -2.33. The maximum Gasteiger partial charge on any atom is 0.673 e. The molecule has 0 atom stereocenters. The molecule has 0 radical (unpaired) electrons. The molecule has 0 saturated carbocycles. The van der Waals surface area contributed by atoms with Crippen LogP contribution in [-0.4, -0.2) is 26.6 Å². The van der Waals surface area contributed by atoms with Crippen LogP contribution >= 0.6 is 0 Å². The quantitative estimate of drug-likeness (QED) is 0.302. The van der Waals surface area contributed by atoms with Crippen LogP contribution in [0.5, 0.6) is 0 Å². The van der Waals surface area contributed by atoms with E-state index in [1.54, 1.807) is 0 Å². The summed E-state index contributed by atoms with van der Waals surface area (Å²) in [5.74, 6) is 0.244. The number of hydrogen-bond donors (Lipinski definition) is 0. The molecular weight excluding hydrogens is 430 g/mol. The molecule has 7 heteroatoms. The number of carbonyl (C=O) groups is 1. The fraction of sp³-hybridized carbons (Fsp3) is 0.0952. The Morgan fingerprint density at radius 3 is 1.39 bits per heavy atom. The summed E-state index contributed by atoms with van der Waals surface area (Å²) >= 11 is -2.51. The SMILES string of the molecule is C[As+](CC(=O)c1ccccc1)(c1ccccc1)c1ccccc1.F[B-](F)(F)F. The summed E-state index contributed by atoms with van der Waals surface area (Å²) in [7, 11) is -6.00. The molecule has 0 aliphatic heterocycles. The number of rotatable bonds is 5. The zero-order valence-electron chi connectivity index (χ0n) is 15.3. The van der Waals surface area contributed by atoms with Crippen molar-refractivity contribution in [1.29, 1.82) is 0 Å². The van der Waals surface area contributed by atoms with Gasteiger partial charge in [-0.1, -0.05) is 0 Å². The molecule has 0 saturated heterocycles. The largest absolute Gasteiger partial charge is 0.673 e. The molecule has 3 aromatic carbocycles. The molecule has 0 fully saturated rings. The summed E-state index contributed by atoms with van der Waals surface area (Å²) in [5.41, 5.74) is 3.14. The van der Waals surface area contributed by atoms with E-state index in [0.717, 1.165) is 5.56 Å². The Morgan fingerprint density at radius 2 is 1.04 bits per heavy atom. The molecule has 28 heavy (non-hydrogen) atoms. The van der Waals surface area contributed by atoms with Crippen molar-refractivity contribution in [3.05, 3.63) is 96.6 Å². The minimum Gasteiger partial charge on any atom is -0.418 e. The summed E-state index contributed by atoms with van der Waals surface area (Å²) in [6.07, 6.45) is 0. The van der Waals surface area contributed by atoms with Gasteiger partial charge < -0.3 is 17.3 Å². The second kappa shape index (κ2) is 9.74. The van der Waals surface area contributed by atoms with Gasteiger partial charge in [-0.15, -0.1) is 0 Å². The number of carbonyl (C=O) groups excluding carboxylic acids is 1. The fourth-order valence-corrected chi connectivity index (χ4v) is 9.31. The molecule has 0 N–H and O–H groups in total. The van der Waals surface area contributed by atoms with E-state index in [2.05, 4.69) is 54.2 Å². The molecule has 0 amide bonds. The molecule has 0 aliphatic rings. The molecule has 3 aromatic rings. The van der Waals surface area contributed by atoms with Gasteiger partial charge in [0.1, 0.15) is 0 Å². The third kappa shape index (κ3) is 6.68. The third-order valence-corrected chi connectivity index (χ3v) is 12.2. The van der Waals surface area contributed by atoms with Crippen LogP contribution in [0.25, 0.3) is 0 Å². The molecule has 0 unspecified atom stereocenters. The van der Waals surface area contributed by atoms with Crippen LogP contribution in [0.4, 0.5) is 17.3 Å². The van der Waals surface area contributed by atoms with Crippen LogP contribution < -0.4 is 8.70 Å². The molecular formula is C21H20AsBF4O. The van der Waals surface area contributed by atoms with E-state index in [4.69, 9.17) is 0 Å². The topological polar surface area (TPSA) is 17.1 Å². The predicted molar refractivity (Wildman–Crippen MR) is 110 cm³/mol. The summed E-state index contributed by atoms with van der Waals surface area (Å²) in [4.78, 5) is 12.8.